The summed E-state index contributed by atoms with van der Waals surface area (Å²) in [5, 5.41) is 3.07. The molecular formula is C14H21NO2. The highest BCUT2D eigenvalue weighted by atomic mass is 16.5. The van der Waals surface area contributed by atoms with Gasteiger partial charge < -0.3 is 4.74 Å². The van der Waals surface area contributed by atoms with Crippen molar-refractivity contribution in [2.75, 3.05) is 6.61 Å². The number of ether oxygens (including phenoxy) is 1. The highest BCUT2D eigenvalue weighted by molar-refractivity contribution is 5.31. The van der Waals surface area contributed by atoms with E-state index in [4.69, 9.17) is 4.74 Å². The number of benzene rings is 1. The lowest BCUT2D eigenvalue weighted by Gasteiger charge is -2.26. The molecule has 17 heavy (non-hydrogen) atoms. The molecule has 0 N–H and O–H groups in total. The zero-order valence-corrected chi connectivity index (χ0v) is 11.1. The largest absolute Gasteiger partial charge is 0.494 e. The van der Waals surface area contributed by atoms with Crippen molar-refractivity contribution in [2.24, 2.45) is 5.18 Å². The lowest BCUT2D eigenvalue weighted by atomic mass is 9.79. The fraction of sp³-hybridized carbons (Fsp3) is 0.571. The van der Waals surface area contributed by atoms with Crippen molar-refractivity contribution >= 4 is 0 Å². The van der Waals surface area contributed by atoms with Gasteiger partial charge in [0.25, 0.3) is 0 Å². The third-order valence-corrected chi connectivity index (χ3v) is 2.93. The van der Waals surface area contributed by atoms with E-state index in [1.165, 1.54) is 5.56 Å². The van der Waals surface area contributed by atoms with Gasteiger partial charge in [0.2, 0.25) is 0 Å². The maximum Gasteiger partial charge on any atom is 0.119 e. The van der Waals surface area contributed by atoms with Gasteiger partial charge in [-0.1, -0.05) is 31.2 Å². The normalized spacial score (nSPS) is 13.2. The van der Waals surface area contributed by atoms with E-state index in [0.717, 1.165) is 12.2 Å². The number of rotatable bonds is 6. The van der Waals surface area contributed by atoms with Crippen LogP contribution in [-0.2, 0) is 5.41 Å². The van der Waals surface area contributed by atoms with Gasteiger partial charge in [-0.25, -0.2) is 0 Å². The Morgan fingerprint density at radius 3 is 2.35 bits per heavy atom. The average molecular weight is 235 g/mol. The van der Waals surface area contributed by atoms with E-state index in [0.29, 0.717) is 6.61 Å². The molecule has 0 spiro atoms. The van der Waals surface area contributed by atoms with Crippen LogP contribution in [0.4, 0.5) is 0 Å². The summed E-state index contributed by atoms with van der Waals surface area (Å²) in [5.74, 6) is 0.883. The molecule has 0 saturated carbocycles. The first-order valence-electron chi connectivity index (χ1n) is 6.05. The predicted octanol–water partition coefficient (Wildman–Crippen LogP) is 3.91. The third-order valence-electron chi connectivity index (χ3n) is 2.93. The molecule has 0 heterocycles. The van der Waals surface area contributed by atoms with Crippen LogP contribution in [-0.4, -0.2) is 12.6 Å². The van der Waals surface area contributed by atoms with Crippen molar-refractivity contribution < 1.29 is 4.74 Å². The van der Waals surface area contributed by atoms with Gasteiger partial charge in [-0.2, -0.15) is 4.91 Å². The van der Waals surface area contributed by atoms with Crippen molar-refractivity contribution in [1.29, 1.82) is 0 Å². The lowest BCUT2D eigenvalue weighted by Crippen LogP contribution is -2.22. The third kappa shape index (κ3) is 3.84. The molecule has 0 aliphatic rings. The van der Waals surface area contributed by atoms with Crippen molar-refractivity contribution in [3.8, 4) is 5.75 Å². The zero-order valence-electron chi connectivity index (χ0n) is 11.1. The fourth-order valence-corrected chi connectivity index (χ4v) is 2.06. The Labute approximate surface area is 103 Å². The van der Waals surface area contributed by atoms with Crippen LogP contribution in [0.15, 0.2) is 29.4 Å². The molecule has 0 aromatic heterocycles. The highest BCUT2D eigenvalue weighted by Crippen LogP contribution is 2.30. The quantitative estimate of drug-likeness (QED) is 0.701. The summed E-state index contributed by atoms with van der Waals surface area (Å²) in [5.41, 5.74) is 1.16. The Kier molecular flexibility index (Phi) is 4.67. The maximum atomic E-state index is 10.5. The Morgan fingerprint density at radius 2 is 1.88 bits per heavy atom. The van der Waals surface area contributed by atoms with Crippen LogP contribution in [0.5, 0.6) is 5.75 Å². The summed E-state index contributed by atoms with van der Waals surface area (Å²) in [6, 6.07) is 7.90. The first-order valence-corrected chi connectivity index (χ1v) is 6.05. The molecule has 0 aliphatic carbocycles. The van der Waals surface area contributed by atoms with E-state index in [2.05, 4.69) is 31.2 Å². The topological polar surface area (TPSA) is 38.7 Å². The standard InChI is InChI=1S/C14H21NO2/c1-5-17-13-8-6-12(7-9-13)14(3,4)10-11(2)15-16/h6-9,11H,5,10H2,1-4H3. The molecular weight excluding hydrogens is 214 g/mol. The Hall–Kier alpha value is -1.38. The van der Waals surface area contributed by atoms with Crippen molar-refractivity contribution in [2.45, 2.75) is 45.6 Å². The Morgan fingerprint density at radius 1 is 1.29 bits per heavy atom. The summed E-state index contributed by atoms with van der Waals surface area (Å²) in [7, 11) is 0. The van der Waals surface area contributed by atoms with Gasteiger partial charge in [0.05, 0.1) is 12.6 Å². The number of hydrogen-bond acceptors (Lipinski definition) is 3. The summed E-state index contributed by atoms with van der Waals surface area (Å²) >= 11 is 0. The van der Waals surface area contributed by atoms with E-state index in [-0.39, 0.29) is 11.5 Å². The van der Waals surface area contributed by atoms with Crippen LogP contribution in [0.2, 0.25) is 0 Å². The average Bonchev–Trinajstić information content (AvgIpc) is 2.29. The number of nitrogens with zero attached hydrogens (tertiary/aromatic N) is 1. The molecule has 0 radical (unpaired) electrons. The van der Waals surface area contributed by atoms with Crippen LogP contribution in [0, 0.1) is 4.91 Å². The minimum atomic E-state index is -0.156. The molecule has 0 amide bonds. The van der Waals surface area contributed by atoms with Gasteiger partial charge in [-0.15, -0.1) is 0 Å². The van der Waals surface area contributed by atoms with Crippen LogP contribution in [0.3, 0.4) is 0 Å². The molecule has 1 aromatic carbocycles. The van der Waals surface area contributed by atoms with E-state index in [9.17, 15) is 4.91 Å². The summed E-state index contributed by atoms with van der Waals surface area (Å²) < 4.78 is 5.41. The molecule has 1 aromatic rings. The van der Waals surface area contributed by atoms with E-state index in [1.54, 1.807) is 0 Å². The Bertz CT molecular complexity index is 357. The second kappa shape index (κ2) is 5.80. The molecule has 0 bridgehead atoms. The van der Waals surface area contributed by atoms with Crippen LogP contribution in [0.1, 0.15) is 39.7 Å². The predicted molar refractivity (Wildman–Crippen MR) is 70.5 cm³/mol. The summed E-state index contributed by atoms with van der Waals surface area (Å²) in [6.07, 6.45) is 0.754. The molecule has 1 rings (SSSR count). The van der Waals surface area contributed by atoms with Crippen LogP contribution < -0.4 is 4.74 Å². The van der Waals surface area contributed by atoms with E-state index < -0.39 is 0 Å². The van der Waals surface area contributed by atoms with Gasteiger partial charge in [0.1, 0.15) is 5.75 Å². The van der Waals surface area contributed by atoms with Gasteiger partial charge in [0, 0.05) is 0 Å². The number of nitroso groups, excluding NO2 is 1. The van der Waals surface area contributed by atoms with Crippen LogP contribution in [0.25, 0.3) is 0 Å². The van der Waals surface area contributed by atoms with Gasteiger partial charge in [0.15, 0.2) is 0 Å². The molecule has 1 atom stereocenters. The maximum absolute atomic E-state index is 10.5. The monoisotopic (exact) mass is 235 g/mol. The van der Waals surface area contributed by atoms with Crippen molar-refractivity contribution in [1.82, 2.24) is 0 Å². The molecule has 0 fully saturated rings. The minimum Gasteiger partial charge on any atom is -0.494 e. The minimum absolute atomic E-state index is 0.0436. The van der Waals surface area contributed by atoms with Crippen molar-refractivity contribution in [3.63, 3.8) is 0 Å². The molecule has 0 aliphatic heterocycles. The second-order valence-electron chi connectivity index (χ2n) is 5.00. The first kappa shape index (κ1) is 13.7. The van der Waals surface area contributed by atoms with Gasteiger partial charge in [-0.3, -0.25) is 0 Å². The van der Waals surface area contributed by atoms with E-state index in [1.807, 2.05) is 26.0 Å². The van der Waals surface area contributed by atoms with E-state index >= 15 is 0 Å². The number of hydrogen-bond donors (Lipinski definition) is 0. The first-order chi connectivity index (χ1) is 7.99. The SMILES string of the molecule is CCOc1ccc(C(C)(C)CC(C)N=O)cc1. The fourth-order valence-electron chi connectivity index (χ4n) is 2.06. The molecule has 3 heteroatoms. The summed E-state index contributed by atoms with van der Waals surface area (Å²) in [6.45, 7) is 8.75. The second-order valence-corrected chi connectivity index (χ2v) is 5.00. The molecule has 94 valence electrons. The van der Waals surface area contributed by atoms with Crippen molar-refractivity contribution in [3.05, 3.63) is 34.7 Å². The smallest absolute Gasteiger partial charge is 0.119 e. The van der Waals surface area contributed by atoms with Gasteiger partial charge in [-0.05, 0) is 43.4 Å². The van der Waals surface area contributed by atoms with Crippen LogP contribution >= 0.6 is 0 Å². The Balaban J connectivity index is 2.80. The molecule has 0 saturated heterocycles. The lowest BCUT2D eigenvalue weighted by molar-refractivity contribution is 0.339. The molecule has 3 nitrogen and oxygen atoms in total. The zero-order chi connectivity index (χ0) is 12.9. The highest BCUT2D eigenvalue weighted by Gasteiger charge is 2.23. The van der Waals surface area contributed by atoms with Gasteiger partial charge >= 0.3 is 0 Å². The summed E-state index contributed by atoms with van der Waals surface area (Å²) in [4.78, 5) is 10.5. The molecule has 1 unspecified atom stereocenters.